The first-order chi connectivity index (χ1) is 15.5. The van der Waals surface area contributed by atoms with E-state index < -0.39 is 0 Å². The van der Waals surface area contributed by atoms with Crippen LogP contribution < -0.4 is 4.90 Å². The van der Waals surface area contributed by atoms with Crippen LogP contribution in [-0.2, 0) is 0 Å². The number of thiophene rings is 1. The summed E-state index contributed by atoms with van der Waals surface area (Å²) >= 11 is 7.80. The summed E-state index contributed by atoms with van der Waals surface area (Å²) in [4.78, 5) is 27.4. The second kappa shape index (κ2) is 8.52. The quantitative estimate of drug-likeness (QED) is 0.439. The van der Waals surface area contributed by atoms with Crippen molar-refractivity contribution >= 4 is 44.9 Å². The largest absolute Gasteiger partial charge is 0.352 e. The fourth-order valence-electron chi connectivity index (χ4n) is 4.21. The van der Waals surface area contributed by atoms with Crippen LogP contribution in [0.25, 0.3) is 15.9 Å². The number of halogens is 1. The van der Waals surface area contributed by atoms with Crippen LogP contribution in [-0.4, -0.2) is 56.7 Å². The highest BCUT2D eigenvalue weighted by atomic mass is 35.5. The lowest BCUT2D eigenvalue weighted by molar-refractivity contribution is 0.0745. The Bertz CT molecular complexity index is 1270. The molecule has 3 aromatic heterocycles. The molecule has 0 spiro atoms. The number of piperazine rings is 1. The van der Waals surface area contributed by atoms with Crippen LogP contribution in [0.5, 0.6) is 0 Å². The standard InChI is InChI=1S/C23H23ClN6OS/c1-15(2)20-19(13-27-30(20)17-5-3-4-16(24)12-17)23(31)29-9-7-28(8-10-29)21-18-6-11-32-22(18)26-14-25-21/h3-6,11-15H,7-10H2,1-2H3. The minimum atomic E-state index is 0.0185. The SMILES string of the molecule is CC(C)c1c(C(=O)N2CCN(c3ncnc4sccc34)CC2)cnn1-c1cccc(Cl)c1. The molecule has 4 aromatic rings. The highest BCUT2D eigenvalue weighted by Gasteiger charge is 2.28. The fourth-order valence-corrected chi connectivity index (χ4v) is 5.12. The minimum absolute atomic E-state index is 0.0185. The summed E-state index contributed by atoms with van der Waals surface area (Å²) in [6.07, 6.45) is 3.30. The molecule has 164 valence electrons. The molecule has 0 radical (unpaired) electrons. The fraction of sp³-hybridized carbons (Fsp3) is 0.304. The van der Waals surface area contributed by atoms with E-state index in [1.54, 1.807) is 23.9 Å². The van der Waals surface area contributed by atoms with Gasteiger partial charge in [-0.15, -0.1) is 11.3 Å². The number of nitrogens with zero attached hydrogens (tertiary/aromatic N) is 6. The Hall–Kier alpha value is -2.97. The van der Waals surface area contributed by atoms with E-state index in [0.717, 1.165) is 40.5 Å². The van der Waals surface area contributed by atoms with Gasteiger partial charge >= 0.3 is 0 Å². The van der Waals surface area contributed by atoms with Gasteiger partial charge in [-0.25, -0.2) is 14.6 Å². The summed E-state index contributed by atoms with van der Waals surface area (Å²) in [7, 11) is 0. The van der Waals surface area contributed by atoms with Crippen molar-refractivity contribution in [2.45, 2.75) is 19.8 Å². The van der Waals surface area contributed by atoms with Crippen LogP contribution in [0.3, 0.4) is 0 Å². The monoisotopic (exact) mass is 466 g/mol. The number of carbonyl (C=O) groups excluding carboxylic acids is 1. The van der Waals surface area contributed by atoms with Crippen molar-refractivity contribution in [3.63, 3.8) is 0 Å². The van der Waals surface area contributed by atoms with Crippen LogP contribution in [0, 0.1) is 0 Å². The lowest BCUT2D eigenvalue weighted by Crippen LogP contribution is -2.49. The summed E-state index contributed by atoms with van der Waals surface area (Å²) in [5, 5.41) is 8.29. The lowest BCUT2D eigenvalue weighted by Gasteiger charge is -2.35. The molecule has 1 aromatic carbocycles. The van der Waals surface area contributed by atoms with E-state index in [0.29, 0.717) is 23.7 Å². The third kappa shape index (κ3) is 3.73. The van der Waals surface area contributed by atoms with Crippen LogP contribution in [0.4, 0.5) is 5.82 Å². The number of carbonyl (C=O) groups is 1. The van der Waals surface area contributed by atoms with Crippen LogP contribution >= 0.6 is 22.9 Å². The molecule has 0 atom stereocenters. The van der Waals surface area contributed by atoms with Crippen molar-refractivity contribution in [1.82, 2.24) is 24.6 Å². The molecule has 1 aliphatic heterocycles. The lowest BCUT2D eigenvalue weighted by atomic mass is 10.0. The molecule has 0 unspecified atom stereocenters. The predicted molar refractivity (Wildman–Crippen MR) is 128 cm³/mol. The summed E-state index contributed by atoms with van der Waals surface area (Å²) < 4.78 is 1.83. The zero-order valence-electron chi connectivity index (χ0n) is 17.9. The molecule has 4 heterocycles. The van der Waals surface area contributed by atoms with E-state index in [1.165, 1.54) is 0 Å². The van der Waals surface area contributed by atoms with E-state index in [-0.39, 0.29) is 11.8 Å². The number of hydrogen-bond donors (Lipinski definition) is 0. The summed E-state index contributed by atoms with van der Waals surface area (Å²) in [6.45, 7) is 6.88. The molecule has 9 heteroatoms. The van der Waals surface area contributed by atoms with E-state index in [1.807, 2.05) is 39.2 Å². The molecule has 1 aliphatic rings. The van der Waals surface area contributed by atoms with Gasteiger partial charge in [0.2, 0.25) is 0 Å². The molecule has 0 saturated carbocycles. The Morgan fingerprint density at radius 1 is 1.12 bits per heavy atom. The molecule has 32 heavy (non-hydrogen) atoms. The average Bonchev–Trinajstić information content (AvgIpc) is 3.46. The number of anilines is 1. The van der Waals surface area contributed by atoms with E-state index >= 15 is 0 Å². The van der Waals surface area contributed by atoms with Crippen molar-refractivity contribution in [2.75, 3.05) is 31.1 Å². The van der Waals surface area contributed by atoms with Crippen LogP contribution in [0.1, 0.15) is 35.8 Å². The van der Waals surface area contributed by atoms with Crippen LogP contribution in [0.15, 0.2) is 48.2 Å². The van der Waals surface area contributed by atoms with Crippen molar-refractivity contribution in [1.29, 1.82) is 0 Å². The molecular weight excluding hydrogens is 444 g/mol. The first kappa shape index (κ1) is 20.9. The zero-order chi connectivity index (χ0) is 22.2. The van der Waals surface area contributed by atoms with Gasteiger partial charge in [0.05, 0.1) is 28.5 Å². The Morgan fingerprint density at radius 2 is 1.94 bits per heavy atom. The molecule has 0 bridgehead atoms. The van der Waals surface area contributed by atoms with E-state index in [4.69, 9.17) is 11.6 Å². The smallest absolute Gasteiger partial charge is 0.257 e. The maximum absolute atomic E-state index is 13.5. The molecule has 5 rings (SSSR count). The Kier molecular flexibility index (Phi) is 5.57. The highest BCUT2D eigenvalue weighted by Crippen LogP contribution is 2.29. The van der Waals surface area contributed by atoms with Crippen molar-refractivity contribution in [2.24, 2.45) is 0 Å². The number of amides is 1. The third-order valence-corrected chi connectivity index (χ3v) is 6.80. The Labute approximate surface area is 195 Å². The van der Waals surface area contributed by atoms with Gasteiger partial charge in [-0.1, -0.05) is 31.5 Å². The van der Waals surface area contributed by atoms with E-state index in [9.17, 15) is 4.79 Å². The number of rotatable bonds is 4. The van der Waals surface area contributed by atoms with Gasteiger partial charge in [0.15, 0.2) is 0 Å². The number of benzene rings is 1. The van der Waals surface area contributed by atoms with E-state index in [2.05, 4.69) is 39.9 Å². The minimum Gasteiger partial charge on any atom is -0.352 e. The Balaban J connectivity index is 1.37. The first-order valence-electron chi connectivity index (χ1n) is 10.6. The highest BCUT2D eigenvalue weighted by molar-refractivity contribution is 7.16. The van der Waals surface area contributed by atoms with Crippen LogP contribution in [0.2, 0.25) is 5.02 Å². The summed E-state index contributed by atoms with van der Waals surface area (Å²) in [5.74, 6) is 1.09. The third-order valence-electron chi connectivity index (χ3n) is 5.74. The van der Waals surface area contributed by atoms with Gasteiger partial charge in [-0.05, 0) is 35.6 Å². The molecule has 1 fully saturated rings. The molecule has 7 nitrogen and oxygen atoms in total. The molecule has 1 saturated heterocycles. The predicted octanol–water partition coefficient (Wildman–Crippen LogP) is 4.62. The maximum atomic E-state index is 13.5. The van der Waals surface area contributed by atoms with Gasteiger partial charge in [0, 0.05) is 31.2 Å². The van der Waals surface area contributed by atoms with Gasteiger partial charge in [0.1, 0.15) is 17.0 Å². The second-order valence-electron chi connectivity index (χ2n) is 8.11. The zero-order valence-corrected chi connectivity index (χ0v) is 19.5. The molecule has 1 amide bonds. The topological polar surface area (TPSA) is 67.2 Å². The molecule has 0 N–H and O–H groups in total. The summed E-state index contributed by atoms with van der Waals surface area (Å²) in [5.41, 5.74) is 2.40. The maximum Gasteiger partial charge on any atom is 0.257 e. The normalized spacial score (nSPS) is 14.5. The van der Waals surface area contributed by atoms with Crippen molar-refractivity contribution in [3.8, 4) is 5.69 Å². The second-order valence-corrected chi connectivity index (χ2v) is 9.44. The summed E-state index contributed by atoms with van der Waals surface area (Å²) in [6, 6.07) is 9.59. The first-order valence-corrected chi connectivity index (χ1v) is 11.8. The molecule has 0 aliphatic carbocycles. The molecular formula is C23H23ClN6OS. The van der Waals surface area contributed by atoms with Crippen molar-refractivity contribution in [3.05, 3.63) is 64.5 Å². The number of fused-ring (bicyclic) bond motifs is 1. The Morgan fingerprint density at radius 3 is 2.69 bits per heavy atom. The number of aromatic nitrogens is 4. The van der Waals surface area contributed by atoms with Crippen molar-refractivity contribution < 1.29 is 4.79 Å². The van der Waals surface area contributed by atoms with Gasteiger partial charge in [-0.3, -0.25) is 4.79 Å². The average molecular weight is 467 g/mol. The van der Waals surface area contributed by atoms with Gasteiger partial charge in [0.25, 0.3) is 5.91 Å². The number of hydrogen-bond acceptors (Lipinski definition) is 6. The van der Waals surface area contributed by atoms with Gasteiger partial charge < -0.3 is 9.80 Å². The van der Waals surface area contributed by atoms with Gasteiger partial charge in [-0.2, -0.15) is 5.10 Å².